The minimum Gasteiger partial charge on any atom is -0.497 e. The van der Waals surface area contributed by atoms with Gasteiger partial charge in [-0.25, -0.2) is 9.78 Å². The zero-order valence-corrected chi connectivity index (χ0v) is 16.4. The van der Waals surface area contributed by atoms with Crippen molar-refractivity contribution in [2.75, 3.05) is 23.9 Å². The Bertz CT molecular complexity index is 825. The molecule has 1 aromatic carbocycles. The highest BCUT2D eigenvalue weighted by atomic mass is 16.6. The predicted molar refractivity (Wildman–Crippen MR) is 104 cm³/mol. The van der Waals surface area contributed by atoms with Gasteiger partial charge in [0, 0.05) is 11.8 Å². The third-order valence-electron chi connectivity index (χ3n) is 4.70. The summed E-state index contributed by atoms with van der Waals surface area (Å²) in [6.45, 7) is 8.43. The molecule has 1 aliphatic heterocycles. The summed E-state index contributed by atoms with van der Waals surface area (Å²) in [7, 11) is 1.65. The maximum absolute atomic E-state index is 12.2. The summed E-state index contributed by atoms with van der Waals surface area (Å²) in [5.74, 6) is 2.09. The van der Waals surface area contributed by atoms with Gasteiger partial charge < -0.3 is 14.8 Å². The molecule has 0 bridgehead atoms. The second-order valence-electron chi connectivity index (χ2n) is 7.09. The highest BCUT2D eigenvalue weighted by Gasteiger charge is 2.37. The molecule has 1 fully saturated rings. The van der Waals surface area contributed by atoms with Crippen LogP contribution in [-0.2, 0) is 4.74 Å². The molecule has 7 heteroatoms. The number of benzene rings is 1. The number of amides is 1. The molecule has 0 unspecified atom stereocenters. The third kappa shape index (κ3) is 4.13. The fraction of sp³-hybridized carbons (Fsp3) is 0.450. The molecule has 1 saturated heterocycles. The molecule has 0 radical (unpaired) electrons. The fourth-order valence-corrected chi connectivity index (χ4v) is 3.12. The maximum Gasteiger partial charge on any atom is 0.415 e. The van der Waals surface area contributed by atoms with Crippen molar-refractivity contribution in [2.24, 2.45) is 5.92 Å². The largest absolute Gasteiger partial charge is 0.497 e. The van der Waals surface area contributed by atoms with Gasteiger partial charge in [0.15, 0.2) is 0 Å². The van der Waals surface area contributed by atoms with Gasteiger partial charge in [-0.2, -0.15) is 4.98 Å². The van der Waals surface area contributed by atoms with Crippen LogP contribution in [0.25, 0.3) is 0 Å². The van der Waals surface area contributed by atoms with Gasteiger partial charge >= 0.3 is 6.09 Å². The Morgan fingerprint density at radius 2 is 2.04 bits per heavy atom. The van der Waals surface area contributed by atoms with Gasteiger partial charge in [-0.05, 0) is 37.5 Å². The zero-order valence-electron chi connectivity index (χ0n) is 16.4. The molecule has 2 heterocycles. The van der Waals surface area contributed by atoms with Crippen LogP contribution in [0.4, 0.5) is 16.6 Å². The highest BCUT2D eigenvalue weighted by Crippen LogP contribution is 2.28. The quantitative estimate of drug-likeness (QED) is 0.830. The number of hydrogen-bond acceptors (Lipinski definition) is 6. The van der Waals surface area contributed by atoms with E-state index in [1.165, 1.54) is 0 Å². The zero-order chi connectivity index (χ0) is 19.6. The van der Waals surface area contributed by atoms with Crippen LogP contribution in [0.2, 0.25) is 0 Å². The van der Waals surface area contributed by atoms with Crippen LogP contribution in [0.1, 0.15) is 38.1 Å². The van der Waals surface area contributed by atoms with Crippen molar-refractivity contribution >= 4 is 17.9 Å². The van der Waals surface area contributed by atoms with Gasteiger partial charge in [0.05, 0.1) is 19.2 Å². The topological polar surface area (TPSA) is 76.6 Å². The van der Waals surface area contributed by atoms with E-state index in [0.717, 1.165) is 17.0 Å². The molecule has 0 saturated carbocycles. The van der Waals surface area contributed by atoms with E-state index in [4.69, 9.17) is 9.47 Å². The van der Waals surface area contributed by atoms with Crippen molar-refractivity contribution in [1.29, 1.82) is 0 Å². The van der Waals surface area contributed by atoms with Crippen molar-refractivity contribution < 1.29 is 14.3 Å². The Labute approximate surface area is 159 Å². The van der Waals surface area contributed by atoms with Gasteiger partial charge in [0.1, 0.15) is 18.2 Å². The van der Waals surface area contributed by atoms with Crippen molar-refractivity contribution in [3.8, 4) is 5.75 Å². The second-order valence-corrected chi connectivity index (χ2v) is 7.09. The van der Waals surface area contributed by atoms with E-state index >= 15 is 0 Å². The fourth-order valence-electron chi connectivity index (χ4n) is 3.12. The molecule has 1 aliphatic rings. The highest BCUT2D eigenvalue weighted by molar-refractivity contribution is 5.89. The molecule has 27 heavy (non-hydrogen) atoms. The molecule has 144 valence electrons. The van der Waals surface area contributed by atoms with Gasteiger partial charge in [-0.15, -0.1) is 0 Å². The van der Waals surface area contributed by atoms with Gasteiger partial charge in [0.2, 0.25) is 5.95 Å². The molecule has 1 amide bonds. The summed E-state index contributed by atoms with van der Waals surface area (Å²) in [5.41, 5.74) is 1.84. The number of carbonyl (C=O) groups is 1. The van der Waals surface area contributed by atoms with Crippen LogP contribution < -0.4 is 15.0 Å². The molecule has 0 aliphatic carbocycles. The van der Waals surface area contributed by atoms with Crippen molar-refractivity contribution in [2.45, 2.75) is 39.8 Å². The van der Waals surface area contributed by atoms with E-state index in [0.29, 0.717) is 18.4 Å². The molecule has 2 aromatic rings. The Balaban J connectivity index is 1.86. The van der Waals surface area contributed by atoms with Crippen molar-refractivity contribution in [1.82, 2.24) is 9.97 Å². The predicted octanol–water partition coefficient (Wildman–Crippen LogP) is 3.95. The van der Waals surface area contributed by atoms with Gasteiger partial charge in [-0.3, -0.25) is 4.90 Å². The van der Waals surface area contributed by atoms with Crippen LogP contribution in [0.15, 0.2) is 30.3 Å². The Morgan fingerprint density at radius 3 is 2.74 bits per heavy atom. The minimum absolute atomic E-state index is 0.0267. The molecular weight excluding hydrogens is 344 g/mol. The number of rotatable bonds is 6. The van der Waals surface area contributed by atoms with E-state index < -0.39 is 0 Å². The SMILES string of the molecule is COc1cccc([C@H](C)Nc2nc(C)cc(N3C(=O)OC[C@@H]3C(C)C)n2)c1. The first-order valence-corrected chi connectivity index (χ1v) is 9.11. The Hall–Kier alpha value is -2.83. The summed E-state index contributed by atoms with van der Waals surface area (Å²) in [5, 5.41) is 3.32. The number of carbonyl (C=O) groups excluding carboxylic acids is 1. The van der Waals surface area contributed by atoms with Crippen LogP contribution in [-0.4, -0.2) is 35.8 Å². The monoisotopic (exact) mass is 370 g/mol. The second kappa shape index (κ2) is 7.82. The van der Waals surface area contributed by atoms with Crippen LogP contribution in [0.3, 0.4) is 0 Å². The van der Waals surface area contributed by atoms with E-state index in [2.05, 4.69) is 29.1 Å². The summed E-state index contributed by atoms with van der Waals surface area (Å²) in [6, 6.07) is 9.59. The number of aryl methyl sites for hydroxylation is 1. The molecule has 1 N–H and O–H groups in total. The first-order valence-electron chi connectivity index (χ1n) is 9.11. The first kappa shape index (κ1) is 18.9. The van der Waals surface area contributed by atoms with E-state index in [-0.39, 0.29) is 24.1 Å². The van der Waals surface area contributed by atoms with Crippen LogP contribution >= 0.6 is 0 Å². The van der Waals surface area contributed by atoms with E-state index in [9.17, 15) is 4.79 Å². The summed E-state index contributed by atoms with van der Waals surface area (Å²) in [6.07, 6.45) is -0.362. The summed E-state index contributed by atoms with van der Waals surface area (Å²) >= 11 is 0. The lowest BCUT2D eigenvalue weighted by molar-refractivity contribution is 0.177. The Kier molecular flexibility index (Phi) is 5.48. The number of nitrogens with zero attached hydrogens (tertiary/aromatic N) is 3. The number of hydrogen-bond donors (Lipinski definition) is 1. The molecule has 3 rings (SSSR count). The van der Waals surface area contributed by atoms with Crippen molar-refractivity contribution in [3.05, 3.63) is 41.6 Å². The normalized spacial score (nSPS) is 17.8. The number of nitrogens with one attached hydrogen (secondary N) is 1. The molecule has 1 aromatic heterocycles. The lowest BCUT2D eigenvalue weighted by atomic mass is 10.0. The number of aromatic nitrogens is 2. The molecule has 2 atom stereocenters. The number of methoxy groups -OCH3 is 1. The van der Waals surface area contributed by atoms with Crippen LogP contribution in [0, 0.1) is 12.8 Å². The average Bonchev–Trinajstić information content (AvgIpc) is 3.03. The maximum atomic E-state index is 12.2. The lowest BCUT2D eigenvalue weighted by Crippen LogP contribution is -2.38. The number of ether oxygens (including phenoxy) is 2. The standard InChI is InChI=1S/C20H26N4O3/c1-12(2)17-11-27-20(25)24(17)18-9-13(3)21-19(23-18)22-14(4)15-7-6-8-16(10-15)26-5/h6-10,12,14,17H,11H2,1-5H3,(H,21,22,23)/t14-,17+/m0/s1. The average molecular weight is 370 g/mol. The molecule has 7 nitrogen and oxygen atoms in total. The smallest absolute Gasteiger partial charge is 0.415 e. The summed E-state index contributed by atoms with van der Waals surface area (Å²) in [4.78, 5) is 22.9. The van der Waals surface area contributed by atoms with Gasteiger partial charge in [-0.1, -0.05) is 26.0 Å². The molecular formula is C20H26N4O3. The van der Waals surface area contributed by atoms with E-state index in [1.807, 2.05) is 44.2 Å². The van der Waals surface area contributed by atoms with Crippen molar-refractivity contribution in [3.63, 3.8) is 0 Å². The minimum atomic E-state index is -0.362. The number of cyclic esters (lactones) is 1. The summed E-state index contributed by atoms with van der Waals surface area (Å²) < 4.78 is 10.5. The molecule has 0 spiro atoms. The first-order chi connectivity index (χ1) is 12.9. The van der Waals surface area contributed by atoms with Crippen LogP contribution in [0.5, 0.6) is 5.75 Å². The van der Waals surface area contributed by atoms with Gasteiger partial charge in [0.25, 0.3) is 0 Å². The lowest BCUT2D eigenvalue weighted by Gasteiger charge is -2.24. The number of anilines is 2. The third-order valence-corrected chi connectivity index (χ3v) is 4.70. The van der Waals surface area contributed by atoms with E-state index in [1.54, 1.807) is 12.0 Å². The Morgan fingerprint density at radius 1 is 1.26 bits per heavy atom.